The van der Waals surface area contributed by atoms with E-state index in [1.165, 1.54) is 17.3 Å². The number of carbonyl (C=O) groups is 1. The van der Waals surface area contributed by atoms with Crippen molar-refractivity contribution in [2.45, 2.75) is 31.5 Å². The fourth-order valence-electron chi connectivity index (χ4n) is 2.44. The summed E-state index contributed by atoms with van der Waals surface area (Å²) in [6, 6.07) is 0. The van der Waals surface area contributed by atoms with Crippen LogP contribution >= 0.6 is 0 Å². The molecular formula is C12H13F3N6O2. The first kappa shape index (κ1) is 15.4. The summed E-state index contributed by atoms with van der Waals surface area (Å²) in [4.78, 5) is 17.5. The molecule has 0 N–H and O–H groups in total. The van der Waals surface area contributed by atoms with E-state index in [1.54, 1.807) is 4.90 Å². The molecule has 0 aliphatic carbocycles. The monoisotopic (exact) mass is 330 g/mol. The van der Waals surface area contributed by atoms with E-state index < -0.39 is 12.1 Å². The lowest BCUT2D eigenvalue weighted by Gasteiger charge is -2.30. The Kier molecular flexibility index (Phi) is 4.01. The summed E-state index contributed by atoms with van der Waals surface area (Å²) in [5.41, 5.74) is 0. The smallest absolute Gasteiger partial charge is 0.417 e. The Labute approximate surface area is 128 Å². The molecule has 0 unspecified atom stereocenters. The van der Waals surface area contributed by atoms with Crippen molar-refractivity contribution in [1.29, 1.82) is 0 Å². The molecule has 2 aromatic rings. The lowest BCUT2D eigenvalue weighted by atomic mass is 9.97. The molecular weight excluding hydrogens is 317 g/mol. The van der Waals surface area contributed by atoms with Crippen LogP contribution in [-0.2, 0) is 17.5 Å². The molecule has 0 bridgehead atoms. The largest absolute Gasteiger partial charge is 0.470 e. The average molecular weight is 330 g/mol. The van der Waals surface area contributed by atoms with E-state index >= 15 is 0 Å². The van der Waals surface area contributed by atoms with Crippen molar-refractivity contribution < 1.29 is 22.4 Å². The molecule has 8 nitrogen and oxygen atoms in total. The van der Waals surface area contributed by atoms with Gasteiger partial charge in [0.25, 0.3) is 0 Å². The van der Waals surface area contributed by atoms with Crippen molar-refractivity contribution in [3.05, 3.63) is 24.4 Å². The van der Waals surface area contributed by atoms with Crippen LogP contribution in [0.4, 0.5) is 13.2 Å². The summed E-state index contributed by atoms with van der Waals surface area (Å²) in [6.45, 7) is 0.924. The number of hydrogen-bond donors (Lipinski definition) is 0. The minimum absolute atomic E-state index is 0.0271. The third-order valence-corrected chi connectivity index (χ3v) is 3.64. The summed E-state index contributed by atoms with van der Waals surface area (Å²) in [6.07, 6.45) is -0.903. The number of amides is 1. The topological polar surface area (TPSA) is 89.9 Å². The maximum atomic E-state index is 12.5. The fraction of sp³-hybridized carbons (Fsp3) is 0.583. The Bertz CT molecular complexity index is 661. The van der Waals surface area contributed by atoms with Gasteiger partial charge >= 0.3 is 12.1 Å². The van der Waals surface area contributed by atoms with E-state index in [0.29, 0.717) is 25.9 Å². The summed E-state index contributed by atoms with van der Waals surface area (Å²) < 4.78 is 43.5. The van der Waals surface area contributed by atoms with Crippen molar-refractivity contribution in [2.75, 3.05) is 13.1 Å². The van der Waals surface area contributed by atoms with Gasteiger partial charge in [-0.3, -0.25) is 4.79 Å². The maximum Gasteiger partial charge on any atom is 0.470 e. The molecule has 1 aliphatic heterocycles. The minimum Gasteiger partial charge on any atom is -0.417 e. The minimum atomic E-state index is -4.64. The Morgan fingerprint density at radius 3 is 2.61 bits per heavy atom. The number of rotatable bonds is 3. The van der Waals surface area contributed by atoms with E-state index in [9.17, 15) is 18.0 Å². The lowest BCUT2D eigenvalue weighted by molar-refractivity contribution is -0.157. The summed E-state index contributed by atoms with van der Waals surface area (Å²) in [7, 11) is 0. The molecule has 0 radical (unpaired) electrons. The Morgan fingerprint density at radius 1 is 1.30 bits per heavy atom. The van der Waals surface area contributed by atoms with Crippen LogP contribution in [0.2, 0.25) is 0 Å². The SMILES string of the molecule is O=C(Cn1cncn1)N1CCC(c2nnc(C(F)(F)F)o2)CC1. The zero-order valence-corrected chi connectivity index (χ0v) is 11.9. The second-order valence-corrected chi connectivity index (χ2v) is 5.19. The fourth-order valence-corrected chi connectivity index (χ4v) is 2.44. The first-order valence-corrected chi connectivity index (χ1v) is 6.94. The second-order valence-electron chi connectivity index (χ2n) is 5.19. The van der Waals surface area contributed by atoms with Crippen LogP contribution < -0.4 is 0 Å². The molecule has 3 rings (SSSR count). The van der Waals surface area contributed by atoms with Crippen LogP contribution in [0, 0.1) is 0 Å². The lowest BCUT2D eigenvalue weighted by Crippen LogP contribution is -2.39. The molecule has 2 aromatic heterocycles. The zero-order valence-electron chi connectivity index (χ0n) is 11.9. The zero-order chi connectivity index (χ0) is 16.4. The van der Waals surface area contributed by atoms with Crippen molar-refractivity contribution in [3.8, 4) is 0 Å². The number of hydrogen-bond acceptors (Lipinski definition) is 6. The molecule has 1 aliphatic rings. The van der Waals surface area contributed by atoms with E-state index in [0.717, 1.165) is 0 Å². The van der Waals surface area contributed by atoms with Gasteiger partial charge in [-0.25, -0.2) is 9.67 Å². The normalized spacial score (nSPS) is 16.7. The van der Waals surface area contributed by atoms with Crippen LogP contribution in [0.1, 0.15) is 30.5 Å². The highest BCUT2D eigenvalue weighted by Gasteiger charge is 2.39. The molecule has 0 saturated carbocycles. The first-order chi connectivity index (χ1) is 10.9. The number of likely N-dealkylation sites (tertiary alicyclic amines) is 1. The quantitative estimate of drug-likeness (QED) is 0.837. The molecule has 11 heteroatoms. The third-order valence-electron chi connectivity index (χ3n) is 3.64. The molecule has 1 amide bonds. The third kappa shape index (κ3) is 3.48. The standard InChI is InChI=1S/C12H13F3N6O2/c13-12(14,15)11-19-18-10(23-11)8-1-3-20(4-2-8)9(22)5-21-7-16-6-17-21/h6-8H,1-5H2. The highest BCUT2D eigenvalue weighted by molar-refractivity contribution is 5.75. The van der Waals surface area contributed by atoms with Crippen LogP contribution in [0.3, 0.4) is 0 Å². The van der Waals surface area contributed by atoms with Gasteiger partial charge in [0, 0.05) is 19.0 Å². The summed E-state index contributed by atoms with van der Waals surface area (Å²) >= 11 is 0. The molecule has 0 spiro atoms. The van der Waals surface area contributed by atoms with Crippen molar-refractivity contribution in [2.24, 2.45) is 0 Å². The molecule has 0 aromatic carbocycles. The molecule has 23 heavy (non-hydrogen) atoms. The summed E-state index contributed by atoms with van der Waals surface area (Å²) in [5.74, 6) is -1.75. The van der Waals surface area contributed by atoms with Crippen molar-refractivity contribution in [1.82, 2.24) is 29.9 Å². The van der Waals surface area contributed by atoms with Crippen LogP contribution in [0.5, 0.6) is 0 Å². The van der Waals surface area contributed by atoms with Crippen LogP contribution in [0.25, 0.3) is 0 Å². The molecule has 0 atom stereocenters. The van der Waals surface area contributed by atoms with E-state index in [1.807, 2.05) is 0 Å². The van der Waals surface area contributed by atoms with Gasteiger partial charge in [0.2, 0.25) is 11.8 Å². The Morgan fingerprint density at radius 2 is 2.04 bits per heavy atom. The first-order valence-electron chi connectivity index (χ1n) is 6.94. The molecule has 1 fully saturated rings. The molecule has 1 saturated heterocycles. The molecule has 3 heterocycles. The predicted molar refractivity (Wildman–Crippen MR) is 67.9 cm³/mol. The second kappa shape index (κ2) is 5.97. The number of nitrogens with zero attached hydrogens (tertiary/aromatic N) is 6. The van der Waals surface area contributed by atoms with Gasteiger partial charge < -0.3 is 9.32 Å². The average Bonchev–Trinajstić information content (AvgIpc) is 3.18. The number of carbonyl (C=O) groups excluding carboxylic acids is 1. The van der Waals surface area contributed by atoms with Gasteiger partial charge in [-0.15, -0.1) is 10.2 Å². The van der Waals surface area contributed by atoms with E-state index in [2.05, 4.69) is 20.3 Å². The van der Waals surface area contributed by atoms with Crippen LogP contribution in [0.15, 0.2) is 17.1 Å². The van der Waals surface area contributed by atoms with Gasteiger partial charge in [-0.1, -0.05) is 0 Å². The van der Waals surface area contributed by atoms with Gasteiger partial charge in [0.05, 0.1) is 0 Å². The van der Waals surface area contributed by atoms with Gasteiger partial charge in [-0.2, -0.15) is 18.3 Å². The number of alkyl halides is 3. The van der Waals surface area contributed by atoms with Crippen LogP contribution in [-0.4, -0.2) is 48.9 Å². The van der Waals surface area contributed by atoms with Gasteiger partial charge in [-0.05, 0) is 12.8 Å². The highest BCUT2D eigenvalue weighted by Crippen LogP contribution is 2.32. The Hall–Kier alpha value is -2.46. The predicted octanol–water partition coefficient (Wildman–Crippen LogP) is 1.09. The number of aromatic nitrogens is 5. The maximum absolute atomic E-state index is 12.5. The number of halogens is 3. The van der Waals surface area contributed by atoms with Crippen molar-refractivity contribution >= 4 is 5.91 Å². The van der Waals surface area contributed by atoms with Gasteiger partial charge in [0.1, 0.15) is 19.2 Å². The summed E-state index contributed by atoms with van der Waals surface area (Å²) in [5, 5.41) is 10.4. The van der Waals surface area contributed by atoms with E-state index in [4.69, 9.17) is 4.42 Å². The highest BCUT2D eigenvalue weighted by atomic mass is 19.4. The van der Waals surface area contributed by atoms with E-state index in [-0.39, 0.29) is 24.3 Å². The molecule has 124 valence electrons. The van der Waals surface area contributed by atoms with Gasteiger partial charge in [0.15, 0.2) is 0 Å². The van der Waals surface area contributed by atoms with Crippen molar-refractivity contribution in [3.63, 3.8) is 0 Å². The Balaban J connectivity index is 1.56. The number of piperidine rings is 1.